The second-order valence-corrected chi connectivity index (χ2v) is 7.35. The highest BCUT2D eigenvalue weighted by Crippen LogP contribution is 2.32. The predicted octanol–water partition coefficient (Wildman–Crippen LogP) is 3.15. The lowest BCUT2D eigenvalue weighted by Gasteiger charge is -2.21. The molecule has 5 nitrogen and oxygen atoms in total. The minimum atomic E-state index is -3.63. The van der Waals surface area contributed by atoms with Gasteiger partial charge < -0.3 is 9.47 Å². The maximum Gasteiger partial charge on any atom is 0.241 e. The molecule has 0 bridgehead atoms. The van der Waals surface area contributed by atoms with Gasteiger partial charge in [0.2, 0.25) is 10.0 Å². The summed E-state index contributed by atoms with van der Waals surface area (Å²) in [5, 5.41) is 0.490. The van der Waals surface area contributed by atoms with Crippen LogP contribution >= 0.6 is 11.6 Å². The van der Waals surface area contributed by atoms with Gasteiger partial charge >= 0.3 is 0 Å². The van der Waals surface area contributed by atoms with Crippen LogP contribution in [0.1, 0.15) is 18.5 Å². The molecule has 0 aliphatic carbocycles. The highest BCUT2D eigenvalue weighted by molar-refractivity contribution is 7.89. The largest absolute Gasteiger partial charge is 0.486 e. The Balaban J connectivity index is 1.80. The lowest BCUT2D eigenvalue weighted by molar-refractivity contribution is 0.171. The van der Waals surface area contributed by atoms with Crippen molar-refractivity contribution < 1.29 is 17.9 Å². The van der Waals surface area contributed by atoms with Crippen LogP contribution in [0.5, 0.6) is 11.5 Å². The molecule has 2 aromatic rings. The van der Waals surface area contributed by atoms with Gasteiger partial charge in [-0.05, 0) is 48.9 Å². The lowest BCUT2D eigenvalue weighted by Crippen LogP contribution is -2.27. The van der Waals surface area contributed by atoms with Gasteiger partial charge in [0, 0.05) is 11.1 Å². The van der Waals surface area contributed by atoms with Gasteiger partial charge in [0.05, 0.1) is 4.90 Å². The topological polar surface area (TPSA) is 64.6 Å². The molecule has 0 saturated heterocycles. The van der Waals surface area contributed by atoms with Crippen molar-refractivity contribution in [2.75, 3.05) is 13.2 Å². The number of rotatable bonds is 4. The number of hydrogen-bond acceptors (Lipinski definition) is 4. The van der Waals surface area contributed by atoms with E-state index in [9.17, 15) is 8.42 Å². The number of sulfonamides is 1. The van der Waals surface area contributed by atoms with E-state index in [1.54, 1.807) is 31.2 Å². The first-order valence-electron chi connectivity index (χ1n) is 7.13. The third kappa shape index (κ3) is 3.60. The van der Waals surface area contributed by atoms with Gasteiger partial charge in [-0.2, -0.15) is 0 Å². The van der Waals surface area contributed by atoms with Crippen LogP contribution in [0.3, 0.4) is 0 Å². The smallest absolute Gasteiger partial charge is 0.241 e. The molecule has 122 valence electrons. The van der Waals surface area contributed by atoms with E-state index in [2.05, 4.69) is 4.72 Å². The maximum atomic E-state index is 12.4. The fraction of sp³-hybridized carbons (Fsp3) is 0.250. The summed E-state index contributed by atoms with van der Waals surface area (Å²) in [6, 6.07) is 11.0. The van der Waals surface area contributed by atoms with Crippen LogP contribution in [0, 0.1) is 0 Å². The van der Waals surface area contributed by atoms with Crippen molar-refractivity contribution in [1.29, 1.82) is 0 Å². The molecule has 2 aromatic carbocycles. The van der Waals surface area contributed by atoms with Crippen LogP contribution in [0.15, 0.2) is 47.4 Å². The molecule has 1 aliphatic rings. The number of halogens is 1. The van der Waals surface area contributed by atoms with Gasteiger partial charge in [-0.3, -0.25) is 0 Å². The van der Waals surface area contributed by atoms with E-state index < -0.39 is 16.1 Å². The standard InChI is InChI=1S/C16H16ClNO4S/c1-11(12-2-7-15-16(10-12)22-9-8-21-15)18-23(19,20)14-5-3-13(17)4-6-14/h2-7,10-11,18H,8-9H2,1H3. The molecule has 0 radical (unpaired) electrons. The van der Waals surface area contributed by atoms with Gasteiger partial charge in [0.25, 0.3) is 0 Å². The van der Waals surface area contributed by atoms with Crippen LogP contribution in [0.25, 0.3) is 0 Å². The Hall–Kier alpha value is -1.76. The fourth-order valence-corrected chi connectivity index (χ4v) is 3.67. The third-order valence-electron chi connectivity index (χ3n) is 3.52. The Kier molecular flexibility index (Phi) is 4.48. The number of fused-ring (bicyclic) bond motifs is 1. The monoisotopic (exact) mass is 353 g/mol. The maximum absolute atomic E-state index is 12.4. The van der Waals surface area contributed by atoms with Crippen molar-refractivity contribution in [1.82, 2.24) is 4.72 Å². The Labute approximate surface area is 140 Å². The summed E-state index contributed by atoms with van der Waals surface area (Å²) in [4.78, 5) is 0.172. The fourth-order valence-electron chi connectivity index (χ4n) is 2.31. The van der Waals surface area contributed by atoms with Crippen LogP contribution in [-0.2, 0) is 10.0 Å². The minimum Gasteiger partial charge on any atom is -0.486 e. The molecule has 1 aliphatic heterocycles. The zero-order valence-corrected chi connectivity index (χ0v) is 14.0. The van der Waals surface area contributed by atoms with Gasteiger partial charge in [-0.15, -0.1) is 0 Å². The van der Waals surface area contributed by atoms with Crippen molar-refractivity contribution in [3.05, 3.63) is 53.1 Å². The Morgan fingerprint density at radius 1 is 1.04 bits per heavy atom. The van der Waals surface area contributed by atoms with Crippen molar-refractivity contribution in [3.63, 3.8) is 0 Å². The van der Waals surface area contributed by atoms with E-state index in [1.165, 1.54) is 12.1 Å². The van der Waals surface area contributed by atoms with E-state index in [-0.39, 0.29) is 4.90 Å². The van der Waals surface area contributed by atoms with Crippen molar-refractivity contribution in [2.24, 2.45) is 0 Å². The molecule has 0 spiro atoms. The van der Waals surface area contributed by atoms with Crippen molar-refractivity contribution in [3.8, 4) is 11.5 Å². The predicted molar refractivity (Wildman–Crippen MR) is 87.6 cm³/mol. The third-order valence-corrected chi connectivity index (χ3v) is 5.33. The summed E-state index contributed by atoms with van der Waals surface area (Å²) >= 11 is 5.79. The summed E-state index contributed by atoms with van der Waals surface area (Å²) < 4.78 is 38.4. The molecular weight excluding hydrogens is 338 g/mol. The second-order valence-electron chi connectivity index (χ2n) is 5.20. The van der Waals surface area contributed by atoms with Crippen LogP contribution in [0.2, 0.25) is 5.02 Å². The average molecular weight is 354 g/mol. The van der Waals surface area contributed by atoms with Gasteiger partial charge in [-0.25, -0.2) is 13.1 Å². The molecule has 1 unspecified atom stereocenters. The molecule has 0 fully saturated rings. The Bertz CT molecular complexity index is 805. The normalized spacial score (nSPS) is 15.2. The van der Waals surface area contributed by atoms with E-state index in [0.717, 1.165) is 5.56 Å². The number of ether oxygens (including phenoxy) is 2. The first-order chi connectivity index (χ1) is 11.0. The van der Waals surface area contributed by atoms with Gasteiger partial charge in [0.15, 0.2) is 11.5 Å². The summed E-state index contributed by atoms with van der Waals surface area (Å²) in [5.41, 5.74) is 0.798. The first kappa shape index (κ1) is 16.1. The molecule has 0 saturated carbocycles. The summed E-state index contributed by atoms with van der Waals surface area (Å²) in [7, 11) is -3.63. The number of benzene rings is 2. The van der Waals surface area contributed by atoms with E-state index in [0.29, 0.717) is 29.7 Å². The lowest BCUT2D eigenvalue weighted by atomic mass is 10.1. The van der Waals surface area contributed by atoms with E-state index in [4.69, 9.17) is 21.1 Å². The highest BCUT2D eigenvalue weighted by Gasteiger charge is 2.20. The summed E-state index contributed by atoms with van der Waals surface area (Å²) in [5.74, 6) is 1.30. The zero-order chi connectivity index (χ0) is 16.4. The van der Waals surface area contributed by atoms with Crippen LogP contribution in [-0.4, -0.2) is 21.6 Å². The molecule has 1 N–H and O–H groups in total. The van der Waals surface area contributed by atoms with E-state index in [1.807, 2.05) is 6.07 Å². The zero-order valence-electron chi connectivity index (χ0n) is 12.5. The molecule has 23 heavy (non-hydrogen) atoms. The quantitative estimate of drug-likeness (QED) is 0.917. The Morgan fingerprint density at radius 3 is 2.39 bits per heavy atom. The second kappa shape index (κ2) is 6.39. The van der Waals surface area contributed by atoms with Gasteiger partial charge in [-0.1, -0.05) is 17.7 Å². The first-order valence-corrected chi connectivity index (χ1v) is 8.99. The van der Waals surface area contributed by atoms with Crippen molar-refractivity contribution in [2.45, 2.75) is 17.9 Å². The SMILES string of the molecule is CC(NS(=O)(=O)c1ccc(Cl)cc1)c1ccc2c(c1)OCCO2. The number of hydrogen-bond donors (Lipinski definition) is 1. The molecule has 1 heterocycles. The molecule has 1 atom stereocenters. The van der Waals surface area contributed by atoms with Crippen LogP contribution < -0.4 is 14.2 Å². The molecule has 0 aromatic heterocycles. The molecule has 0 amide bonds. The van der Waals surface area contributed by atoms with Gasteiger partial charge in [0.1, 0.15) is 13.2 Å². The molecule has 3 rings (SSSR count). The Morgan fingerprint density at radius 2 is 1.70 bits per heavy atom. The minimum absolute atomic E-state index is 0.172. The number of nitrogens with one attached hydrogen (secondary N) is 1. The highest BCUT2D eigenvalue weighted by atomic mass is 35.5. The van der Waals surface area contributed by atoms with Crippen LogP contribution in [0.4, 0.5) is 0 Å². The summed E-state index contributed by atoms with van der Waals surface area (Å²) in [6.45, 7) is 2.78. The van der Waals surface area contributed by atoms with Crippen molar-refractivity contribution >= 4 is 21.6 Å². The molecule has 7 heteroatoms. The summed E-state index contributed by atoms with van der Waals surface area (Å²) in [6.07, 6.45) is 0. The average Bonchev–Trinajstić information content (AvgIpc) is 2.54. The van der Waals surface area contributed by atoms with E-state index >= 15 is 0 Å². The molecular formula is C16H16ClNO4S.